The van der Waals surface area contributed by atoms with E-state index in [1.54, 1.807) is 13.3 Å². The molecule has 0 spiro atoms. The molecule has 2 fully saturated rings. The molecule has 5 heterocycles. The molecule has 11 nitrogen and oxygen atoms in total. The number of hydrogen-bond donors (Lipinski definition) is 4. The Morgan fingerprint density at radius 1 is 0.840 bits per heavy atom. The first-order valence-corrected chi connectivity index (χ1v) is 17.8. The lowest BCUT2D eigenvalue weighted by Crippen LogP contribution is -2.40. The topological polar surface area (TPSA) is 133 Å². The third-order valence-corrected chi connectivity index (χ3v) is 10.5. The van der Waals surface area contributed by atoms with Crippen LogP contribution in [-0.2, 0) is 16.1 Å². The molecule has 3 aliphatic rings. The zero-order chi connectivity index (χ0) is 34.8. The summed E-state index contributed by atoms with van der Waals surface area (Å²) in [7, 11) is 3.63. The maximum atomic E-state index is 11.7. The van der Waals surface area contributed by atoms with Gasteiger partial charge in [0.2, 0.25) is 17.7 Å². The van der Waals surface area contributed by atoms with E-state index in [2.05, 4.69) is 44.3 Å². The van der Waals surface area contributed by atoms with Gasteiger partial charge in [-0.25, -0.2) is 9.97 Å². The lowest BCUT2D eigenvalue weighted by atomic mass is 9.96. The number of ether oxygens (including phenoxy) is 1. The van der Waals surface area contributed by atoms with Crippen molar-refractivity contribution in [2.24, 2.45) is 0 Å². The molecule has 3 aliphatic heterocycles. The fourth-order valence-electron chi connectivity index (χ4n) is 6.98. The fourth-order valence-corrected chi connectivity index (χ4v) is 7.63. The highest BCUT2D eigenvalue weighted by Crippen LogP contribution is 2.43. The van der Waals surface area contributed by atoms with Crippen molar-refractivity contribution in [3.63, 3.8) is 0 Å². The smallest absolute Gasteiger partial charge is 0.237 e. The van der Waals surface area contributed by atoms with Gasteiger partial charge >= 0.3 is 0 Å². The van der Waals surface area contributed by atoms with Gasteiger partial charge in [0.05, 0.1) is 34.7 Å². The molecule has 50 heavy (non-hydrogen) atoms. The van der Waals surface area contributed by atoms with Gasteiger partial charge in [0.1, 0.15) is 11.5 Å². The van der Waals surface area contributed by atoms with Crippen LogP contribution in [0.5, 0.6) is 5.88 Å². The Balaban J connectivity index is 1.12. The first kappa shape index (κ1) is 34.2. The van der Waals surface area contributed by atoms with Gasteiger partial charge in [-0.1, -0.05) is 65.7 Å². The van der Waals surface area contributed by atoms with Crippen LogP contribution in [0.3, 0.4) is 0 Å². The van der Waals surface area contributed by atoms with Crippen LogP contribution in [0.25, 0.3) is 33.6 Å². The standard InChI is InChI=1S/C37H40Cl2N8O3/c1-47-16-15-28(41-18-22-10-14-33(49)44-22)27-11-12-29(45-36(27)47)25-7-3-5-23(34(25)38)24-6-4-8-26(35(24)39)30-20-42-31(37(46-30)50-2)19-40-17-21-9-13-32(48)43-21/h3-8,11-12,20-22,28,40-41H,9-10,13-19H2,1-2H3,(H,43,48)(H,44,49). The molecule has 3 atom stereocenters. The van der Waals surface area contributed by atoms with E-state index >= 15 is 0 Å². The summed E-state index contributed by atoms with van der Waals surface area (Å²) < 4.78 is 5.60. The Morgan fingerprint density at radius 2 is 1.48 bits per heavy atom. The van der Waals surface area contributed by atoms with Crippen LogP contribution in [-0.4, -0.2) is 72.6 Å². The van der Waals surface area contributed by atoms with E-state index in [1.807, 2.05) is 42.5 Å². The van der Waals surface area contributed by atoms with Crippen molar-refractivity contribution in [1.82, 2.24) is 36.2 Å². The van der Waals surface area contributed by atoms with Gasteiger partial charge in [-0.2, -0.15) is 0 Å². The summed E-state index contributed by atoms with van der Waals surface area (Å²) in [5.41, 5.74) is 6.20. The van der Waals surface area contributed by atoms with Crippen molar-refractivity contribution < 1.29 is 14.3 Å². The van der Waals surface area contributed by atoms with Crippen LogP contribution in [0, 0.1) is 0 Å². The van der Waals surface area contributed by atoms with Crippen LogP contribution in [0.2, 0.25) is 10.0 Å². The molecule has 13 heteroatoms. The predicted octanol–water partition coefficient (Wildman–Crippen LogP) is 5.31. The van der Waals surface area contributed by atoms with Gasteiger partial charge in [-0.3, -0.25) is 14.6 Å². The first-order valence-electron chi connectivity index (χ1n) is 17.0. The Morgan fingerprint density at radius 3 is 2.12 bits per heavy atom. The highest BCUT2D eigenvalue weighted by atomic mass is 35.5. The number of amides is 2. The van der Waals surface area contributed by atoms with Gasteiger partial charge in [0.15, 0.2) is 0 Å². The van der Waals surface area contributed by atoms with E-state index in [9.17, 15) is 9.59 Å². The summed E-state index contributed by atoms with van der Waals surface area (Å²) in [6, 6.07) is 16.3. The number of benzene rings is 2. The number of hydrogen-bond acceptors (Lipinski definition) is 9. The number of halogens is 2. The maximum Gasteiger partial charge on any atom is 0.237 e. The van der Waals surface area contributed by atoms with Gasteiger partial charge < -0.3 is 30.9 Å². The molecule has 2 amide bonds. The molecule has 0 radical (unpaired) electrons. The summed E-state index contributed by atoms with van der Waals surface area (Å²) in [6.07, 6.45) is 5.48. The van der Waals surface area contributed by atoms with E-state index in [0.717, 1.165) is 66.1 Å². The Hall–Kier alpha value is -4.29. The molecule has 0 bridgehead atoms. The van der Waals surface area contributed by atoms with Crippen LogP contribution >= 0.6 is 23.2 Å². The highest BCUT2D eigenvalue weighted by Gasteiger charge is 2.28. The second-order valence-electron chi connectivity index (χ2n) is 13.1. The minimum absolute atomic E-state index is 0.0875. The Kier molecular flexibility index (Phi) is 10.2. The Bertz CT molecular complexity index is 1920. The molecular formula is C37H40Cl2N8O3. The van der Waals surface area contributed by atoms with Crippen LogP contribution < -0.4 is 30.9 Å². The summed E-state index contributed by atoms with van der Waals surface area (Å²) in [6.45, 7) is 2.68. The van der Waals surface area contributed by atoms with Crippen molar-refractivity contribution in [2.75, 3.05) is 38.7 Å². The Labute approximate surface area is 301 Å². The summed E-state index contributed by atoms with van der Waals surface area (Å²) in [5, 5.41) is 14.1. The fraction of sp³-hybridized carbons (Fsp3) is 0.378. The van der Waals surface area contributed by atoms with Crippen LogP contribution in [0.4, 0.5) is 5.82 Å². The zero-order valence-electron chi connectivity index (χ0n) is 28.1. The minimum Gasteiger partial charge on any atom is -0.480 e. The molecule has 2 aromatic heterocycles. The average molecular weight is 716 g/mol. The lowest BCUT2D eigenvalue weighted by Gasteiger charge is -2.33. The quantitative estimate of drug-likeness (QED) is 0.163. The van der Waals surface area contributed by atoms with E-state index in [4.69, 9.17) is 37.9 Å². The van der Waals surface area contributed by atoms with E-state index in [-0.39, 0.29) is 29.9 Å². The minimum atomic E-state index is 0.0875. The largest absolute Gasteiger partial charge is 0.480 e. The number of nitrogens with one attached hydrogen (secondary N) is 4. The second kappa shape index (κ2) is 14.9. The summed E-state index contributed by atoms with van der Waals surface area (Å²) in [4.78, 5) is 39.9. The number of nitrogens with zero attached hydrogens (tertiary/aromatic N) is 4. The maximum absolute atomic E-state index is 11.7. The highest BCUT2D eigenvalue weighted by molar-refractivity contribution is 6.39. The first-order chi connectivity index (χ1) is 24.3. The van der Waals surface area contributed by atoms with Crippen LogP contribution in [0.15, 0.2) is 54.7 Å². The molecule has 7 rings (SSSR count). The normalized spacial score (nSPS) is 20.1. The second-order valence-corrected chi connectivity index (χ2v) is 13.8. The molecular weight excluding hydrogens is 675 g/mol. The number of anilines is 1. The molecule has 4 N–H and O–H groups in total. The number of carbonyl (C=O) groups excluding carboxylic acids is 2. The third-order valence-electron chi connectivity index (χ3n) is 9.70. The third kappa shape index (κ3) is 7.14. The van der Waals surface area contributed by atoms with E-state index in [1.165, 1.54) is 0 Å². The molecule has 4 aromatic rings. The van der Waals surface area contributed by atoms with Crippen LogP contribution in [0.1, 0.15) is 49.4 Å². The predicted molar refractivity (Wildman–Crippen MR) is 195 cm³/mol. The molecule has 2 saturated heterocycles. The summed E-state index contributed by atoms with van der Waals surface area (Å²) in [5.74, 6) is 1.53. The van der Waals surface area contributed by atoms with Gasteiger partial charge in [0.25, 0.3) is 0 Å². The van der Waals surface area contributed by atoms with E-state index < -0.39 is 0 Å². The average Bonchev–Trinajstić information content (AvgIpc) is 3.75. The van der Waals surface area contributed by atoms with Gasteiger partial charge in [0, 0.05) is 92.0 Å². The SMILES string of the molecule is COc1nc(-c2cccc(-c3cccc(-c4ccc5c(n4)N(C)CCC5NCC4CCC(=O)N4)c3Cl)c2Cl)cnc1CNCC1CCC(=O)N1. The van der Waals surface area contributed by atoms with Crippen molar-refractivity contribution >= 4 is 40.8 Å². The number of methoxy groups -OCH3 is 1. The van der Waals surface area contributed by atoms with Crippen molar-refractivity contribution in [1.29, 1.82) is 0 Å². The van der Waals surface area contributed by atoms with Crippen molar-refractivity contribution in [2.45, 2.75) is 56.8 Å². The number of carbonyl (C=O) groups is 2. The van der Waals surface area contributed by atoms with Gasteiger partial charge in [-0.15, -0.1) is 0 Å². The van der Waals surface area contributed by atoms with Crippen molar-refractivity contribution in [3.8, 4) is 39.5 Å². The zero-order valence-corrected chi connectivity index (χ0v) is 29.6. The molecule has 0 saturated carbocycles. The number of fused-ring (bicyclic) bond motifs is 1. The molecule has 0 aliphatic carbocycles. The van der Waals surface area contributed by atoms with E-state index in [0.29, 0.717) is 58.8 Å². The number of aromatic nitrogens is 3. The monoisotopic (exact) mass is 714 g/mol. The summed E-state index contributed by atoms with van der Waals surface area (Å²) >= 11 is 14.3. The molecule has 260 valence electrons. The molecule has 3 unspecified atom stereocenters. The lowest BCUT2D eigenvalue weighted by molar-refractivity contribution is -0.120. The number of rotatable bonds is 11. The number of pyridine rings is 1. The van der Waals surface area contributed by atoms with Gasteiger partial charge in [-0.05, 0) is 25.3 Å². The molecule has 2 aromatic carbocycles. The van der Waals surface area contributed by atoms with Crippen molar-refractivity contribution in [3.05, 3.63) is 76.0 Å².